The Labute approximate surface area is 175 Å². The summed E-state index contributed by atoms with van der Waals surface area (Å²) in [6.07, 6.45) is 0. The first-order chi connectivity index (χ1) is 14.3. The van der Waals surface area contributed by atoms with Gasteiger partial charge in [0.15, 0.2) is 0 Å². The highest BCUT2D eigenvalue weighted by atomic mass is 35.5. The molecule has 0 atom stereocenters. The van der Waals surface area contributed by atoms with Crippen LogP contribution in [0, 0.1) is 10.1 Å². The van der Waals surface area contributed by atoms with Gasteiger partial charge in [0, 0.05) is 19.2 Å². The van der Waals surface area contributed by atoms with Crippen molar-refractivity contribution in [3.63, 3.8) is 0 Å². The highest BCUT2D eigenvalue weighted by molar-refractivity contribution is 6.60. The van der Waals surface area contributed by atoms with Crippen LogP contribution < -0.4 is 4.90 Å². The molecule has 0 saturated carbocycles. The number of imide groups is 1. The number of nitro benzene ring substituents is 1. The molecule has 3 rings (SSSR count). The van der Waals surface area contributed by atoms with Crippen molar-refractivity contribution in [2.24, 2.45) is 0 Å². The average molecular weight is 431 g/mol. The number of methoxy groups -OCH3 is 1. The number of amides is 2. The van der Waals surface area contributed by atoms with Crippen molar-refractivity contribution in [2.45, 2.75) is 0 Å². The van der Waals surface area contributed by atoms with E-state index in [-0.39, 0.29) is 46.3 Å². The van der Waals surface area contributed by atoms with Gasteiger partial charge in [-0.05, 0) is 42.0 Å². The van der Waals surface area contributed by atoms with Crippen LogP contribution in [-0.4, -0.2) is 43.0 Å². The second-order valence-corrected chi connectivity index (χ2v) is 6.49. The van der Waals surface area contributed by atoms with E-state index in [1.165, 1.54) is 55.6 Å². The third kappa shape index (κ3) is 4.07. The summed E-state index contributed by atoms with van der Waals surface area (Å²) < 4.78 is 9.81. The van der Waals surface area contributed by atoms with E-state index in [2.05, 4.69) is 0 Å². The van der Waals surface area contributed by atoms with E-state index in [0.29, 0.717) is 0 Å². The first-order valence-electron chi connectivity index (χ1n) is 8.64. The zero-order valence-electron chi connectivity index (χ0n) is 15.7. The molecule has 2 amide bonds. The van der Waals surface area contributed by atoms with Crippen LogP contribution >= 0.6 is 11.6 Å². The van der Waals surface area contributed by atoms with Crippen molar-refractivity contribution in [2.75, 3.05) is 25.2 Å². The first kappa shape index (κ1) is 21.2. The Morgan fingerprint density at radius 2 is 1.67 bits per heavy atom. The maximum atomic E-state index is 12.9. The number of ether oxygens (including phenoxy) is 2. The van der Waals surface area contributed by atoms with Gasteiger partial charge < -0.3 is 9.47 Å². The van der Waals surface area contributed by atoms with E-state index in [1.54, 1.807) is 0 Å². The van der Waals surface area contributed by atoms with Crippen molar-refractivity contribution in [1.29, 1.82) is 0 Å². The van der Waals surface area contributed by atoms with Gasteiger partial charge in [0.25, 0.3) is 17.5 Å². The van der Waals surface area contributed by atoms with Crippen LogP contribution in [0.5, 0.6) is 0 Å². The molecule has 30 heavy (non-hydrogen) atoms. The van der Waals surface area contributed by atoms with Gasteiger partial charge in [0.05, 0.1) is 28.4 Å². The van der Waals surface area contributed by atoms with Gasteiger partial charge in [0.2, 0.25) is 0 Å². The molecule has 2 aromatic rings. The fourth-order valence-corrected chi connectivity index (χ4v) is 3.06. The van der Waals surface area contributed by atoms with Crippen LogP contribution in [0.1, 0.15) is 15.9 Å². The van der Waals surface area contributed by atoms with E-state index >= 15 is 0 Å². The summed E-state index contributed by atoms with van der Waals surface area (Å²) in [6, 6.07) is 10.8. The van der Waals surface area contributed by atoms with Crippen LogP contribution in [-0.2, 0) is 19.1 Å². The lowest BCUT2D eigenvalue weighted by atomic mass is 10.1. The molecular formula is C20H15ClN2O7. The number of carbonyl (C=O) groups is 3. The van der Waals surface area contributed by atoms with Gasteiger partial charge in [-0.15, -0.1) is 0 Å². The Kier molecular flexibility index (Phi) is 6.24. The summed E-state index contributed by atoms with van der Waals surface area (Å²) in [7, 11) is 1.48. The molecular weight excluding hydrogens is 416 g/mol. The molecule has 154 valence electrons. The third-order valence-electron chi connectivity index (χ3n) is 4.28. The molecule has 1 aliphatic heterocycles. The second kappa shape index (κ2) is 8.85. The normalized spacial score (nSPS) is 13.7. The monoisotopic (exact) mass is 430 g/mol. The maximum Gasteiger partial charge on any atom is 0.338 e. The summed E-state index contributed by atoms with van der Waals surface area (Å²) >= 11 is 6.11. The lowest BCUT2D eigenvalue weighted by Gasteiger charge is -2.15. The lowest BCUT2D eigenvalue weighted by molar-refractivity contribution is -0.384. The standard InChI is InChI=1S/C20H15ClN2O7/c1-29-10-11-30-20(26)13-4-6-14(7-5-13)22-18(24)16(17(21)19(22)25)12-2-8-15(9-3-12)23(27)28/h2-9H,10-11H2,1H3. The fraction of sp³-hybridized carbons (Fsp3) is 0.150. The highest BCUT2D eigenvalue weighted by Crippen LogP contribution is 2.35. The number of hydrogen-bond donors (Lipinski definition) is 0. The molecule has 2 aromatic carbocycles. The molecule has 0 bridgehead atoms. The zero-order valence-corrected chi connectivity index (χ0v) is 16.4. The zero-order chi connectivity index (χ0) is 21.8. The molecule has 9 nitrogen and oxygen atoms in total. The van der Waals surface area contributed by atoms with E-state index in [1.807, 2.05) is 0 Å². The number of hydrogen-bond acceptors (Lipinski definition) is 7. The Morgan fingerprint density at radius 3 is 2.23 bits per heavy atom. The van der Waals surface area contributed by atoms with Crippen molar-refractivity contribution in [1.82, 2.24) is 0 Å². The SMILES string of the molecule is COCCOC(=O)c1ccc(N2C(=O)C(Cl)=C(c3ccc([N+](=O)[O-])cc3)C2=O)cc1. The predicted octanol–water partition coefficient (Wildman–Crippen LogP) is 2.92. The average Bonchev–Trinajstić information content (AvgIpc) is 2.96. The minimum atomic E-state index is -0.731. The number of rotatable bonds is 7. The summed E-state index contributed by atoms with van der Waals surface area (Å²) in [4.78, 5) is 48.5. The molecule has 1 heterocycles. The smallest absolute Gasteiger partial charge is 0.338 e. The minimum Gasteiger partial charge on any atom is -0.460 e. The molecule has 0 radical (unpaired) electrons. The predicted molar refractivity (Wildman–Crippen MR) is 107 cm³/mol. The van der Waals surface area contributed by atoms with Gasteiger partial charge in [-0.1, -0.05) is 11.6 Å². The molecule has 0 fully saturated rings. The van der Waals surface area contributed by atoms with Gasteiger partial charge in [-0.3, -0.25) is 19.7 Å². The molecule has 0 saturated heterocycles. The van der Waals surface area contributed by atoms with Crippen LogP contribution in [0.3, 0.4) is 0 Å². The Morgan fingerprint density at radius 1 is 1.03 bits per heavy atom. The van der Waals surface area contributed by atoms with Crippen LogP contribution in [0.15, 0.2) is 53.6 Å². The van der Waals surface area contributed by atoms with E-state index in [9.17, 15) is 24.5 Å². The molecule has 0 spiro atoms. The van der Waals surface area contributed by atoms with E-state index in [0.717, 1.165) is 4.90 Å². The first-order valence-corrected chi connectivity index (χ1v) is 9.02. The lowest BCUT2D eigenvalue weighted by Crippen LogP contribution is -2.31. The number of nitro groups is 1. The van der Waals surface area contributed by atoms with Crippen LogP contribution in [0.4, 0.5) is 11.4 Å². The maximum absolute atomic E-state index is 12.9. The van der Waals surface area contributed by atoms with E-state index < -0.39 is 22.7 Å². The van der Waals surface area contributed by atoms with Gasteiger partial charge in [-0.2, -0.15) is 0 Å². The third-order valence-corrected chi connectivity index (χ3v) is 4.63. The number of carbonyl (C=O) groups excluding carboxylic acids is 3. The van der Waals surface area contributed by atoms with E-state index in [4.69, 9.17) is 21.1 Å². The second-order valence-electron chi connectivity index (χ2n) is 6.11. The minimum absolute atomic E-state index is 0.0559. The molecule has 0 N–H and O–H groups in total. The Bertz CT molecular complexity index is 1050. The summed E-state index contributed by atoms with van der Waals surface area (Å²) in [5.74, 6) is -1.97. The summed E-state index contributed by atoms with van der Waals surface area (Å²) in [6.45, 7) is 0.356. The van der Waals surface area contributed by atoms with Crippen molar-refractivity contribution >= 4 is 46.3 Å². The molecule has 10 heteroatoms. The van der Waals surface area contributed by atoms with Crippen molar-refractivity contribution in [3.05, 3.63) is 74.8 Å². The largest absolute Gasteiger partial charge is 0.460 e. The number of halogens is 1. The van der Waals surface area contributed by atoms with Crippen molar-refractivity contribution in [3.8, 4) is 0 Å². The van der Waals surface area contributed by atoms with Gasteiger partial charge in [-0.25, -0.2) is 9.69 Å². The molecule has 0 unspecified atom stereocenters. The fourth-order valence-electron chi connectivity index (χ4n) is 2.79. The van der Waals surface area contributed by atoms with Gasteiger partial charge in [0.1, 0.15) is 11.6 Å². The number of benzene rings is 2. The van der Waals surface area contributed by atoms with Crippen molar-refractivity contribution < 1.29 is 28.8 Å². The molecule has 0 aromatic heterocycles. The highest BCUT2D eigenvalue weighted by Gasteiger charge is 2.39. The number of esters is 1. The summed E-state index contributed by atoms with van der Waals surface area (Å²) in [5.41, 5.74) is 0.526. The number of anilines is 1. The topological polar surface area (TPSA) is 116 Å². The number of non-ortho nitro benzene ring substituents is 1. The summed E-state index contributed by atoms with van der Waals surface area (Å²) in [5, 5.41) is 10.5. The molecule has 1 aliphatic rings. The quantitative estimate of drug-likeness (QED) is 0.218. The number of nitrogens with zero attached hydrogens (tertiary/aromatic N) is 2. The van der Waals surface area contributed by atoms with Crippen LogP contribution in [0.2, 0.25) is 0 Å². The van der Waals surface area contributed by atoms with Gasteiger partial charge >= 0.3 is 5.97 Å². The Balaban J connectivity index is 1.81. The Hall–Kier alpha value is -3.56. The van der Waals surface area contributed by atoms with Crippen LogP contribution in [0.25, 0.3) is 5.57 Å². The molecule has 0 aliphatic carbocycles.